The van der Waals surface area contributed by atoms with Gasteiger partial charge in [-0.3, -0.25) is 0 Å². The zero-order valence-corrected chi connectivity index (χ0v) is 15.7. The maximum Gasteiger partial charge on any atom is 0.204 e. The highest BCUT2D eigenvalue weighted by Crippen LogP contribution is 2.28. The van der Waals surface area contributed by atoms with Crippen LogP contribution in [0.4, 0.5) is 4.39 Å². The van der Waals surface area contributed by atoms with E-state index in [0.29, 0.717) is 36.4 Å². The normalized spacial score (nSPS) is 14.2. The molecule has 0 unspecified atom stereocenters. The Kier molecular flexibility index (Phi) is 7.86. The van der Waals surface area contributed by atoms with E-state index in [9.17, 15) is 12.8 Å². The quantitative estimate of drug-likeness (QED) is 0.404. The molecule has 0 heterocycles. The molecule has 0 aliphatic rings. The van der Waals surface area contributed by atoms with Crippen molar-refractivity contribution in [1.82, 2.24) is 10.3 Å². The third kappa shape index (κ3) is 5.03. The Hall–Kier alpha value is -1.44. The first-order chi connectivity index (χ1) is 11.3. The molecule has 0 saturated carbocycles. The number of nitrogens with two attached hydrogens (primary N) is 1. The predicted octanol–water partition coefficient (Wildman–Crippen LogP) is 2.80. The van der Waals surface area contributed by atoms with E-state index in [1.165, 1.54) is 17.1 Å². The second-order valence-corrected chi connectivity index (χ2v) is 7.74. The molecule has 0 aromatic heterocycles. The Morgan fingerprint density at radius 2 is 1.88 bits per heavy atom. The molecule has 0 aliphatic carbocycles. The number of nitrogens with one attached hydrogen (secondary N) is 1. The lowest BCUT2D eigenvalue weighted by Gasteiger charge is -2.27. The molecule has 7 heteroatoms. The molecule has 1 atom stereocenters. The van der Waals surface area contributed by atoms with E-state index in [2.05, 4.69) is 5.32 Å². The van der Waals surface area contributed by atoms with Crippen LogP contribution in [0, 0.1) is 5.82 Å². The summed E-state index contributed by atoms with van der Waals surface area (Å²) in [5.74, 6) is 5.68. The van der Waals surface area contributed by atoms with Crippen LogP contribution in [-0.4, -0.2) is 33.1 Å². The van der Waals surface area contributed by atoms with Gasteiger partial charge in [0.25, 0.3) is 0 Å². The van der Waals surface area contributed by atoms with Gasteiger partial charge in [0.1, 0.15) is 5.82 Å². The minimum atomic E-state index is -3.71. The summed E-state index contributed by atoms with van der Waals surface area (Å²) in [4.78, 5) is 0.401. The average molecular weight is 357 g/mol. The number of rotatable bonds is 9. The van der Waals surface area contributed by atoms with Crippen molar-refractivity contribution in [1.29, 1.82) is 0 Å². The number of allylic oxidation sites excluding steroid dienone is 2. The minimum Gasteiger partial charge on any atom is -0.315 e. The number of hydrogen-bond donors (Lipinski definition) is 2. The molecule has 136 valence electrons. The standard InChI is InChI=1S/C17H28FN3O2S/c1-5-7-17(16(6-2)21(19)12-13(3)20-4)24(22,23)15-10-8-14(18)9-11-15/h8-11,13,20H,5-7,12,19H2,1-4H3/b17-16+/t13-/m0/s1. The molecule has 0 radical (unpaired) electrons. The number of hydrazine groups is 1. The first kappa shape index (κ1) is 20.6. The molecule has 0 spiro atoms. The highest BCUT2D eigenvalue weighted by molar-refractivity contribution is 7.95. The fourth-order valence-electron chi connectivity index (χ4n) is 2.47. The van der Waals surface area contributed by atoms with Crippen LogP contribution in [0.1, 0.15) is 40.0 Å². The van der Waals surface area contributed by atoms with Crippen LogP contribution >= 0.6 is 0 Å². The zero-order valence-electron chi connectivity index (χ0n) is 14.8. The molecule has 0 saturated heterocycles. The Labute approximate surface area is 144 Å². The zero-order chi connectivity index (χ0) is 18.3. The van der Waals surface area contributed by atoms with E-state index >= 15 is 0 Å². The molecule has 1 aromatic rings. The summed E-state index contributed by atoms with van der Waals surface area (Å²) in [6, 6.07) is 5.03. The highest BCUT2D eigenvalue weighted by atomic mass is 32.2. The summed E-state index contributed by atoms with van der Waals surface area (Å²) < 4.78 is 39.1. The number of likely N-dealkylation sites (N-methyl/N-ethyl adjacent to an activating group) is 1. The van der Waals surface area contributed by atoms with Crippen molar-refractivity contribution in [2.24, 2.45) is 5.84 Å². The molecule has 5 nitrogen and oxygen atoms in total. The fourth-order valence-corrected chi connectivity index (χ4v) is 4.30. The van der Waals surface area contributed by atoms with Crippen molar-refractivity contribution >= 4 is 9.84 Å². The van der Waals surface area contributed by atoms with Crippen LogP contribution in [0.3, 0.4) is 0 Å². The molecule has 1 aromatic carbocycles. The summed E-state index contributed by atoms with van der Waals surface area (Å²) in [6.07, 6.45) is 1.57. The Balaban J connectivity index is 3.37. The molecular formula is C17H28FN3O2S. The van der Waals surface area contributed by atoms with E-state index in [4.69, 9.17) is 5.84 Å². The smallest absolute Gasteiger partial charge is 0.204 e. The van der Waals surface area contributed by atoms with Crippen molar-refractivity contribution in [3.8, 4) is 0 Å². The molecule has 3 N–H and O–H groups in total. The predicted molar refractivity (Wildman–Crippen MR) is 95.2 cm³/mol. The van der Waals surface area contributed by atoms with Gasteiger partial charge in [0, 0.05) is 18.3 Å². The minimum absolute atomic E-state index is 0.0911. The van der Waals surface area contributed by atoms with E-state index < -0.39 is 15.7 Å². The van der Waals surface area contributed by atoms with Crippen molar-refractivity contribution in [2.75, 3.05) is 13.6 Å². The maximum atomic E-state index is 13.1. The summed E-state index contributed by atoms with van der Waals surface area (Å²) >= 11 is 0. The van der Waals surface area contributed by atoms with Crippen LogP contribution in [0.2, 0.25) is 0 Å². The van der Waals surface area contributed by atoms with Gasteiger partial charge in [-0.15, -0.1) is 0 Å². The topological polar surface area (TPSA) is 75.4 Å². The van der Waals surface area contributed by atoms with E-state index in [0.717, 1.165) is 12.1 Å². The summed E-state index contributed by atoms with van der Waals surface area (Å²) in [7, 11) is -1.88. The summed E-state index contributed by atoms with van der Waals surface area (Å²) in [6.45, 7) is 6.27. The SMILES string of the molecule is CCC/C(=C(/CC)N(N)C[C@H](C)NC)S(=O)(=O)c1ccc(F)cc1. The average Bonchev–Trinajstić information content (AvgIpc) is 2.54. The second-order valence-electron chi connectivity index (χ2n) is 5.77. The first-order valence-electron chi connectivity index (χ1n) is 8.20. The number of halogens is 1. The lowest BCUT2D eigenvalue weighted by Crippen LogP contribution is -2.41. The van der Waals surface area contributed by atoms with Gasteiger partial charge in [-0.2, -0.15) is 0 Å². The van der Waals surface area contributed by atoms with Gasteiger partial charge < -0.3 is 10.3 Å². The molecule has 0 fully saturated rings. The van der Waals surface area contributed by atoms with Crippen LogP contribution in [0.15, 0.2) is 39.8 Å². The molecule has 1 rings (SSSR count). The summed E-state index contributed by atoms with van der Waals surface area (Å²) in [5, 5.41) is 4.59. The monoisotopic (exact) mass is 357 g/mol. The molecule has 24 heavy (non-hydrogen) atoms. The Morgan fingerprint density at radius 1 is 1.29 bits per heavy atom. The van der Waals surface area contributed by atoms with Crippen LogP contribution in [0.25, 0.3) is 0 Å². The number of benzene rings is 1. The second kappa shape index (κ2) is 9.15. The van der Waals surface area contributed by atoms with Gasteiger partial charge in [0.2, 0.25) is 9.84 Å². The molecule has 0 bridgehead atoms. The van der Waals surface area contributed by atoms with Gasteiger partial charge in [-0.25, -0.2) is 18.7 Å². The van der Waals surface area contributed by atoms with E-state index in [1.54, 1.807) is 0 Å². The van der Waals surface area contributed by atoms with Gasteiger partial charge in [0.15, 0.2) is 0 Å². The Bertz CT molecular complexity index is 657. The number of sulfone groups is 1. The van der Waals surface area contributed by atoms with Crippen LogP contribution in [0.5, 0.6) is 0 Å². The van der Waals surface area contributed by atoms with Gasteiger partial charge in [-0.05, 0) is 51.1 Å². The van der Waals surface area contributed by atoms with E-state index in [-0.39, 0.29) is 10.9 Å². The number of hydrogen-bond acceptors (Lipinski definition) is 5. The molecular weight excluding hydrogens is 329 g/mol. The van der Waals surface area contributed by atoms with Gasteiger partial charge in [0.05, 0.1) is 9.80 Å². The van der Waals surface area contributed by atoms with Crippen LogP contribution in [-0.2, 0) is 9.84 Å². The lowest BCUT2D eigenvalue weighted by atomic mass is 10.2. The van der Waals surface area contributed by atoms with E-state index in [1.807, 2.05) is 27.8 Å². The maximum absolute atomic E-state index is 13.1. The third-order valence-electron chi connectivity index (χ3n) is 3.89. The largest absolute Gasteiger partial charge is 0.315 e. The molecule has 0 amide bonds. The van der Waals surface area contributed by atoms with Crippen molar-refractivity contribution in [2.45, 2.75) is 51.0 Å². The van der Waals surface area contributed by atoms with Gasteiger partial charge in [-0.1, -0.05) is 20.3 Å². The first-order valence-corrected chi connectivity index (χ1v) is 9.68. The molecule has 0 aliphatic heterocycles. The Morgan fingerprint density at radius 3 is 2.33 bits per heavy atom. The van der Waals surface area contributed by atoms with Crippen molar-refractivity contribution in [3.63, 3.8) is 0 Å². The highest BCUT2D eigenvalue weighted by Gasteiger charge is 2.25. The lowest BCUT2D eigenvalue weighted by molar-refractivity contribution is 0.311. The summed E-state index contributed by atoms with van der Waals surface area (Å²) in [5.41, 5.74) is 0.600. The van der Waals surface area contributed by atoms with Gasteiger partial charge >= 0.3 is 0 Å². The third-order valence-corrected chi connectivity index (χ3v) is 5.87. The van der Waals surface area contributed by atoms with Crippen molar-refractivity contribution < 1.29 is 12.8 Å². The van der Waals surface area contributed by atoms with Crippen LogP contribution < -0.4 is 11.2 Å². The fraction of sp³-hybridized carbons (Fsp3) is 0.529. The van der Waals surface area contributed by atoms with Crippen molar-refractivity contribution in [3.05, 3.63) is 40.7 Å². The number of nitrogens with zero attached hydrogens (tertiary/aromatic N) is 1.